The summed E-state index contributed by atoms with van der Waals surface area (Å²) in [5.74, 6) is -0.199. The molecule has 2 rings (SSSR count). The van der Waals surface area contributed by atoms with E-state index in [1.54, 1.807) is 0 Å². The first-order valence-electron chi connectivity index (χ1n) is 6.00. The lowest BCUT2D eigenvalue weighted by Gasteiger charge is -2.33. The summed E-state index contributed by atoms with van der Waals surface area (Å²) in [4.78, 5) is 14.2. The first-order chi connectivity index (χ1) is 8.72. The third-order valence-electron chi connectivity index (χ3n) is 3.11. The van der Waals surface area contributed by atoms with Gasteiger partial charge in [0.1, 0.15) is 6.04 Å². The van der Waals surface area contributed by atoms with E-state index >= 15 is 0 Å². The van der Waals surface area contributed by atoms with Crippen molar-refractivity contribution < 1.29 is 9.53 Å². The molecule has 18 heavy (non-hydrogen) atoms. The molecule has 1 aromatic rings. The minimum absolute atomic E-state index is 0.199. The predicted molar refractivity (Wildman–Crippen MR) is 73.3 cm³/mol. The van der Waals surface area contributed by atoms with Crippen LogP contribution in [0.3, 0.4) is 0 Å². The Hall–Kier alpha value is -0.910. The number of ether oxygens (including phenoxy) is 1. The van der Waals surface area contributed by atoms with Crippen molar-refractivity contribution in [2.75, 3.05) is 33.3 Å². The highest BCUT2D eigenvalue weighted by Crippen LogP contribution is 2.25. The number of nitrogens with one attached hydrogen (secondary N) is 1. The maximum atomic E-state index is 12.0. The Kier molecular flexibility index (Phi) is 4.74. The van der Waals surface area contributed by atoms with Gasteiger partial charge in [-0.1, -0.05) is 28.1 Å². The van der Waals surface area contributed by atoms with Crippen LogP contribution >= 0.6 is 15.9 Å². The van der Waals surface area contributed by atoms with E-state index in [1.165, 1.54) is 7.11 Å². The van der Waals surface area contributed by atoms with Crippen molar-refractivity contribution in [2.45, 2.75) is 6.04 Å². The number of carbonyl (C=O) groups excluding carboxylic acids is 1. The van der Waals surface area contributed by atoms with Gasteiger partial charge in [-0.3, -0.25) is 4.90 Å². The van der Waals surface area contributed by atoms with Crippen LogP contribution in [0.1, 0.15) is 11.6 Å². The summed E-state index contributed by atoms with van der Waals surface area (Å²) in [7, 11) is 1.44. The van der Waals surface area contributed by atoms with Crippen LogP contribution in [-0.4, -0.2) is 44.2 Å². The van der Waals surface area contributed by atoms with Crippen LogP contribution in [0.2, 0.25) is 0 Å². The van der Waals surface area contributed by atoms with E-state index in [-0.39, 0.29) is 12.0 Å². The molecule has 1 saturated heterocycles. The number of rotatable bonds is 3. The third kappa shape index (κ3) is 3.10. The lowest BCUT2D eigenvalue weighted by Crippen LogP contribution is -2.47. The highest BCUT2D eigenvalue weighted by molar-refractivity contribution is 9.10. The van der Waals surface area contributed by atoms with Crippen LogP contribution in [0.25, 0.3) is 0 Å². The van der Waals surface area contributed by atoms with E-state index in [9.17, 15) is 4.79 Å². The highest BCUT2D eigenvalue weighted by Gasteiger charge is 2.29. The number of hydrogen-bond acceptors (Lipinski definition) is 4. The SMILES string of the molecule is COC(=O)C(c1cccc(Br)c1)N1CCNCC1. The van der Waals surface area contributed by atoms with E-state index in [1.807, 2.05) is 24.3 Å². The molecule has 1 fully saturated rings. The second kappa shape index (κ2) is 6.31. The van der Waals surface area contributed by atoms with Gasteiger partial charge in [-0.25, -0.2) is 4.79 Å². The van der Waals surface area contributed by atoms with Crippen LogP contribution in [0.4, 0.5) is 0 Å². The van der Waals surface area contributed by atoms with Crippen molar-refractivity contribution in [2.24, 2.45) is 0 Å². The van der Waals surface area contributed by atoms with Gasteiger partial charge in [-0.05, 0) is 17.7 Å². The number of hydrogen-bond donors (Lipinski definition) is 1. The molecule has 4 nitrogen and oxygen atoms in total. The first-order valence-corrected chi connectivity index (χ1v) is 6.79. The summed E-state index contributed by atoms with van der Waals surface area (Å²) in [6, 6.07) is 7.53. The van der Waals surface area contributed by atoms with E-state index in [2.05, 4.69) is 26.1 Å². The summed E-state index contributed by atoms with van der Waals surface area (Å²) in [6.45, 7) is 3.52. The molecule has 1 heterocycles. The molecule has 0 aliphatic carbocycles. The maximum absolute atomic E-state index is 12.0. The van der Waals surface area contributed by atoms with Crippen LogP contribution < -0.4 is 5.32 Å². The minimum Gasteiger partial charge on any atom is -0.468 e. The molecule has 0 amide bonds. The molecule has 98 valence electrons. The van der Waals surface area contributed by atoms with Crippen LogP contribution in [0.15, 0.2) is 28.7 Å². The Labute approximate surface area is 115 Å². The van der Waals surface area contributed by atoms with Gasteiger partial charge in [0.2, 0.25) is 0 Å². The Balaban J connectivity index is 2.26. The Morgan fingerprint density at radius 3 is 2.78 bits per heavy atom. The van der Waals surface area contributed by atoms with E-state index in [4.69, 9.17) is 4.74 Å². The van der Waals surface area contributed by atoms with E-state index in [0.717, 1.165) is 36.2 Å². The fourth-order valence-electron chi connectivity index (χ4n) is 2.22. The molecule has 1 unspecified atom stereocenters. The van der Waals surface area contributed by atoms with Gasteiger partial charge in [0, 0.05) is 30.7 Å². The van der Waals surface area contributed by atoms with Crippen molar-refractivity contribution in [3.63, 3.8) is 0 Å². The molecule has 5 heteroatoms. The number of methoxy groups -OCH3 is 1. The molecule has 1 N–H and O–H groups in total. The average molecular weight is 313 g/mol. The Morgan fingerprint density at radius 1 is 1.44 bits per heavy atom. The van der Waals surface area contributed by atoms with Crippen molar-refractivity contribution in [3.8, 4) is 0 Å². The number of piperazine rings is 1. The molecule has 1 atom stereocenters. The van der Waals surface area contributed by atoms with Gasteiger partial charge in [-0.15, -0.1) is 0 Å². The molecule has 0 radical (unpaired) electrons. The fraction of sp³-hybridized carbons (Fsp3) is 0.462. The predicted octanol–water partition coefficient (Wildman–Crippen LogP) is 1.57. The monoisotopic (exact) mass is 312 g/mol. The van der Waals surface area contributed by atoms with E-state index in [0.29, 0.717) is 0 Å². The van der Waals surface area contributed by atoms with Crippen molar-refractivity contribution in [1.29, 1.82) is 0 Å². The van der Waals surface area contributed by atoms with Gasteiger partial charge < -0.3 is 10.1 Å². The third-order valence-corrected chi connectivity index (χ3v) is 3.60. The molecule has 0 spiro atoms. The van der Waals surface area contributed by atoms with Gasteiger partial charge in [0.15, 0.2) is 0 Å². The molecule has 1 aliphatic rings. The fourth-order valence-corrected chi connectivity index (χ4v) is 2.64. The van der Waals surface area contributed by atoms with Crippen molar-refractivity contribution in [3.05, 3.63) is 34.3 Å². The zero-order valence-electron chi connectivity index (χ0n) is 10.4. The molecule has 1 aromatic carbocycles. The number of nitrogens with zero attached hydrogens (tertiary/aromatic N) is 1. The lowest BCUT2D eigenvalue weighted by molar-refractivity contribution is -0.147. The van der Waals surface area contributed by atoms with Crippen LogP contribution in [0.5, 0.6) is 0 Å². The quantitative estimate of drug-likeness (QED) is 0.860. The zero-order valence-corrected chi connectivity index (χ0v) is 11.9. The van der Waals surface area contributed by atoms with Crippen molar-refractivity contribution >= 4 is 21.9 Å². The largest absolute Gasteiger partial charge is 0.468 e. The number of carbonyl (C=O) groups is 1. The number of benzene rings is 1. The van der Waals surface area contributed by atoms with Gasteiger partial charge in [0.25, 0.3) is 0 Å². The van der Waals surface area contributed by atoms with Crippen molar-refractivity contribution in [1.82, 2.24) is 10.2 Å². The molecule has 0 aromatic heterocycles. The molecular formula is C13H17BrN2O2. The summed E-state index contributed by atoms with van der Waals surface area (Å²) in [5, 5.41) is 3.29. The average Bonchev–Trinajstić information content (AvgIpc) is 2.40. The van der Waals surface area contributed by atoms with Gasteiger partial charge >= 0.3 is 5.97 Å². The number of esters is 1. The Bertz CT molecular complexity index is 419. The second-order valence-corrected chi connectivity index (χ2v) is 5.18. The standard InChI is InChI=1S/C13H17BrN2O2/c1-18-13(17)12(16-7-5-15-6-8-16)10-3-2-4-11(14)9-10/h2-4,9,12,15H,5-8H2,1H3. The number of halogens is 1. The highest BCUT2D eigenvalue weighted by atomic mass is 79.9. The molecule has 1 aliphatic heterocycles. The van der Waals surface area contributed by atoms with Crippen LogP contribution in [0, 0.1) is 0 Å². The second-order valence-electron chi connectivity index (χ2n) is 4.27. The molecule has 0 bridgehead atoms. The summed E-state index contributed by atoms with van der Waals surface area (Å²) >= 11 is 3.44. The smallest absolute Gasteiger partial charge is 0.327 e. The maximum Gasteiger partial charge on any atom is 0.327 e. The zero-order chi connectivity index (χ0) is 13.0. The normalized spacial score (nSPS) is 18.3. The first kappa shape index (κ1) is 13.5. The molecular weight excluding hydrogens is 296 g/mol. The summed E-state index contributed by atoms with van der Waals surface area (Å²) in [6.07, 6.45) is 0. The Morgan fingerprint density at radius 2 is 2.17 bits per heavy atom. The molecule has 0 saturated carbocycles. The van der Waals surface area contributed by atoms with Crippen LogP contribution in [-0.2, 0) is 9.53 Å². The van der Waals surface area contributed by atoms with Gasteiger partial charge in [-0.2, -0.15) is 0 Å². The summed E-state index contributed by atoms with van der Waals surface area (Å²) < 4.78 is 5.92. The topological polar surface area (TPSA) is 41.6 Å². The summed E-state index contributed by atoms with van der Waals surface area (Å²) in [5.41, 5.74) is 0.970. The lowest BCUT2D eigenvalue weighted by atomic mass is 10.0. The van der Waals surface area contributed by atoms with Gasteiger partial charge in [0.05, 0.1) is 7.11 Å². The van der Waals surface area contributed by atoms with E-state index < -0.39 is 0 Å². The minimum atomic E-state index is -0.311.